The highest BCUT2D eigenvalue weighted by atomic mass is 14.6. The molecule has 27 heavy (non-hydrogen) atoms. The topological polar surface area (TPSA) is 38.9 Å². The zero-order chi connectivity index (χ0) is 18.6. The first-order valence-electron chi connectivity index (χ1n) is 9.41. The van der Waals surface area contributed by atoms with Crippen molar-refractivity contribution in [3.05, 3.63) is 113 Å². The molecule has 134 valence electrons. The van der Waals surface area contributed by atoms with E-state index < -0.39 is 0 Å². The fourth-order valence-corrected chi connectivity index (χ4v) is 3.59. The maximum atomic E-state index is 6.14. The summed E-state index contributed by atoms with van der Waals surface area (Å²) < 4.78 is 0. The van der Waals surface area contributed by atoms with Gasteiger partial charge < -0.3 is 5.73 Å². The molecule has 1 unspecified atom stereocenters. The average Bonchev–Trinajstić information content (AvgIpc) is 2.71. The van der Waals surface area contributed by atoms with Crippen LogP contribution in [0.1, 0.15) is 33.7 Å². The predicted molar refractivity (Wildman–Crippen MR) is 113 cm³/mol. The molecule has 0 radical (unpaired) electrons. The van der Waals surface area contributed by atoms with E-state index in [0.717, 1.165) is 11.8 Å². The molecule has 0 aliphatic rings. The van der Waals surface area contributed by atoms with Gasteiger partial charge in [-0.05, 0) is 47.1 Å². The van der Waals surface area contributed by atoms with Crippen LogP contribution in [-0.2, 0) is 6.42 Å². The van der Waals surface area contributed by atoms with E-state index in [1.54, 1.807) is 0 Å². The lowest BCUT2D eigenvalue weighted by atomic mass is 9.89. The van der Waals surface area contributed by atoms with Crippen molar-refractivity contribution >= 4 is 10.8 Å². The Morgan fingerprint density at radius 1 is 0.778 bits per heavy atom. The van der Waals surface area contributed by atoms with Crippen molar-refractivity contribution < 1.29 is 0 Å². The van der Waals surface area contributed by atoms with Crippen LogP contribution in [0.3, 0.4) is 0 Å². The molecule has 0 saturated heterocycles. The van der Waals surface area contributed by atoms with E-state index in [4.69, 9.17) is 5.73 Å². The van der Waals surface area contributed by atoms with Crippen molar-refractivity contribution in [3.63, 3.8) is 0 Å². The van der Waals surface area contributed by atoms with Gasteiger partial charge in [-0.25, -0.2) is 0 Å². The maximum Gasteiger partial charge on any atom is 0.0346 e. The second-order valence-corrected chi connectivity index (χ2v) is 7.17. The minimum atomic E-state index is 0.205. The van der Waals surface area contributed by atoms with E-state index in [9.17, 15) is 0 Å². The lowest BCUT2D eigenvalue weighted by Gasteiger charge is -2.17. The standard InChI is InChI=1S/C25H24N2/c1-18-2-4-19(5-3-18)14-20-6-8-21(9-7-20)25(16-26)23-10-11-24-17-27-13-12-22(24)15-23/h2-13,15,17,25H,14,16,26H2,1H3. The van der Waals surface area contributed by atoms with Crippen LogP contribution in [-0.4, -0.2) is 11.5 Å². The molecule has 2 nitrogen and oxygen atoms in total. The highest BCUT2D eigenvalue weighted by molar-refractivity contribution is 5.82. The minimum Gasteiger partial charge on any atom is -0.330 e. The van der Waals surface area contributed by atoms with Crippen molar-refractivity contribution in [2.45, 2.75) is 19.3 Å². The summed E-state index contributed by atoms with van der Waals surface area (Å²) in [6.07, 6.45) is 4.69. The summed E-state index contributed by atoms with van der Waals surface area (Å²) in [5.74, 6) is 0.205. The Hall–Kier alpha value is -2.97. The monoisotopic (exact) mass is 352 g/mol. The van der Waals surface area contributed by atoms with Crippen molar-refractivity contribution in [1.29, 1.82) is 0 Å². The second kappa shape index (κ2) is 7.73. The molecule has 0 aliphatic carbocycles. The first-order valence-corrected chi connectivity index (χ1v) is 9.41. The molecule has 0 amide bonds. The number of nitrogens with two attached hydrogens (primary N) is 1. The Labute approximate surface area is 160 Å². The van der Waals surface area contributed by atoms with E-state index in [1.165, 1.54) is 33.2 Å². The number of aryl methyl sites for hydroxylation is 1. The highest BCUT2D eigenvalue weighted by Gasteiger charge is 2.13. The largest absolute Gasteiger partial charge is 0.330 e. The van der Waals surface area contributed by atoms with Crippen molar-refractivity contribution in [1.82, 2.24) is 4.98 Å². The van der Waals surface area contributed by atoms with Crippen molar-refractivity contribution in [2.24, 2.45) is 5.73 Å². The Morgan fingerprint density at radius 3 is 2.15 bits per heavy atom. The number of benzene rings is 3. The normalized spacial score (nSPS) is 12.2. The maximum absolute atomic E-state index is 6.14. The third kappa shape index (κ3) is 3.91. The summed E-state index contributed by atoms with van der Waals surface area (Å²) in [5.41, 5.74) is 12.6. The van der Waals surface area contributed by atoms with Crippen LogP contribution in [0.5, 0.6) is 0 Å². The van der Waals surface area contributed by atoms with Crippen LogP contribution >= 0.6 is 0 Å². The Kier molecular flexibility index (Phi) is 4.99. The molecule has 2 heteroatoms. The summed E-state index contributed by atoms with van der Waals surface area (Å²) >= 11 is 0. The summed E-state index contributed by atoms with van der Waals surface area (Å²) in [7, 11) is 0. The second-order valence-electron chi connectivity index (χ2n) is 7.17. The Bertz CT molecular complexity index is 1030. The van der Waals surface area contributed by atoms with Crippen molar-refractivity contribution in [3.8, 4) is 0 Å². The smallest absolute Gasteiger partial charge is 0.0346 e. The zero-order valence-electron chi connectivity index (χ0n) is 15.6. The van der Waals surface area contributed by atoms with Gasteiger partial charge in [0.15, 0.2) is 0 Å². The number of aromatic nitrogens is 1. The van der Waals surface area contributed by atoms with Gasteiger partial charge in [0, 0.05) is 30.2 Å². The lowest BCUT2D eigenvalue weighted by molar-refractivity contribution is 0.819. The van der Waals surface area contributed by atoms with Gasteiger partial charge in [0.1, 0.15) is 0 Å². The first kappa shape index (κ1) is 17.4. The molecule has 4 rings (SSSR count). The van der Waals surface area contributed by atoms with E-state index in [1.807, 2.05) is 12.4 Å². The quantitative estimate of drug-likeness (QED) is 0.534. The van der Waals surface area contributed by atoms with E-state index in [-0.39, 0.29) is 5.92 Å². The number of nitrogens with zero attached hydrogens (tertiary/aromatic N) is 1. The van der Waals surface area contributed by atoms with Gasteiger partial charge in [-0.1, -0.05) is 72.3 Å². The SMILES string of the molecule is Cc1ccc(Cc2ccc(C(CN)c3ccc4cnccc4c3)cc2)cc1. The first-order chi connectivity index (χ1) is 13.2. The fraction of sp³-hybridized carbons (Fsp3) is 0.160. The Morgan fingerprint density at radius 2 is 1.44 bits per heavy atom. The molecule has 0 bridgehead atoms. The minimum absolute atomic E-state index is 0.205. The molecule has 0 spiro atoms. The molecule has 0 saturated carbocycles. The van der Waals surface area contributed by atoms with Gasteiger partial charge in [-0.2, -0.15) is 0 Å². The fourth-order valence-electron chi connectivity index (χ4n) is 3.59. The van der Waals surface area contributed by atoms with Crippen LogP contribution in [0.25, 0.3) is 10.8 Å². The zero-order valence-corrected chi connectivity index (χ0v) is 15.6. The van der Waals surface area contributed by atoms with Crippen LogP contribution in [0.15, 0.2) is 85.2 Å². The number of hydrogen-bond donors (Lipinski definition) is 1. The van der Waals surface area contributed by atoms with Gasteiger partial charge in [-0.3, -0.25) is 4.98 Å². The van der Waals surface area contributed by atoms with E-state index >= 15 is 0 Å². The van der Waals surface area contributed by atoms with Crippen LogP contribution < -0.4 is 5.73 Å². The lowest BCUT2D eigenvalue weighted by Crippen LogP contribution is -2.13. The molecule has 0 aliphatic heterocycles. The predicted octanol–water partition coefficient (Wildman–Crippen LogP) is 5.22. The summed E-state index contributed by atoms with van der Waals surface area (Å²) in [5, 5.41) is 2.36. The van der Waals surface area contributed by atoms with Gasteiger partial charge in [0.25, 0.3) is 0 Å². The molecular formula is C25H24N2. The molecule has 1 heterocycles. The number of pyridine rings is 1. The van der Waals surface area contributed by atoms with E-state index in [0.29, 0.717) is 6.54 Å². The van der Waals surface area contributed by atoms with Crippen LogP contribution in [0.2, 0.25) is 0 Å². The summed E-state index contributed by atoms with van der Waals surface area (Å²) in [4.78, 5) is 4.19. The van der Waals surface area contributed by atoms with E-state index in [2.05, 4.69) is 84.7 Å². The summed E-state index contributed by atoms with van der Waals surface area (Å²) in [6, 6.07) is 26.2. The van der Waals surface area contributed by atoms with Crippen LogP contribution in [0, 0.1) is 6.92 Å². The van der Waals surface area contributed by atoms with Gasteiger partial charge >= 0.3 is 0 Å². The van der Waals surface area contributed by atoms with Crippen molar-refractivity contribution in [2.75, 3.05) is 6.54 Å². The van der Waals surface area contributed by atoms with Crippen LogP contribution in [0.4, 0.5) is 0 Å². The average molecular weight is 352 g/mol. The molecule has 3 aromatic carbocycles. The number of hydrogen-bond acceptors (Lipinski definition) is 2. The van der Waals surface area contributed by atoms with Gasteiger partial charge in [-0.15, -0.1) is 0 Å². The Balaban J connectivity index is 1.57. The third-order valence-electron chi connectivity index (χ3n) is 5.21. The molecule has 4 aromatic rings. The molecule has 0 fully saturated rings. The summed E-state index contributed by atoms with van der Waals surface area (Å²) in [6.45, 7) is 2.71. The van der Waals surface area contributed by atoms with Gasteiger partial charge in [0.2, 0.25) is 0 Å². The third-order valence-corrected chi connectivity index (χ3v) is 5.21. The van der Waals surface area contributed by atoms with Gasteiger partial charge in [0.05, 0.1) is 0 Å². The molecule has 1 aromatic heterocycles. The number of rotatable bonds is 5. The molecular weight excluding hydrogens is 328 g/mol. The molecule has 1 atom stereocenters. The highest BCUT2D eigenvalue weighted by Crippen LogP contribution is 2.27. The number of fused-ring (bicyclic) bond motifs is 1. The molecule has 2 N–H and O–H groups in total.